The second-order valence-electron chi connectivity index (χ2n) is 5.96. The second kappa shape index (κ2) is 8.50. The lowest BCUT2D eigenvalue weighted by Crippen LogP contribution is -2.30. The van der Waals surface area contributed by atoms with Crippen molar-refractivity contribution in [2.45, 2.75) is 19.0 Å². The Hall–Kier alpha value is -1.85. The first-order valence-electron chi connectivity index (χ1n) is 8.00. The molecule has 0 atom stereocenters. The van der Waals surface area contributed by atoms with Crippen molar-refractivity contribution in [2.24, 2.45) is 0 Å². The number of aromatic nitrogens is 1. The van der Waals surface area contributed by atoms with Crippen molar-refractivity contribution in [3.63, 3.8) is 0 Å². The second-order valence-corrected chi connectivity index (χ2v) is 5.96. The average molecular weight is 369 g/mol. The number of halogens is 4. The smallest absolute Gasteiger partial charge is 0.299 e. The van der Waals surface area contributed by atoms with Crippen molar-refractivity contribution in [1.82, 2.24) is 9.88 Å². The predicted octanol–water partition coefficient (Wildman–Crippen LogP) is 4.85. The van der Waals surface area contributed by atoms with E-state index in [1.54, 1.807) is 18.5 Å². The van der Waals surface area contributed by atoms with Crippen molar-refractivity contribution in [2.75, 3.05) is 19.6 Å². The van der Waals surface area contributed by atoms with Crippen LogP contribution in [0, 0.1) is 0 Å². The van der Waals surface area contributed by atoms with Gasteiger partial charge in [-0.1, -0.05) is 18.2 Å². The van der Waals surface area contributed by atoms with Crippen molar-refractivity contribution in [1.29, 1.82) is 0 Å². The molecule has 6 heteroatoms. The van der Waals surface area contributed by atoms with Gasteiger partial charge in [-0.3, -0.25) is 9.88 Å². The van der Waals surface area contributed by atoms with Crippen LogP contribution in [0.2, 0.25) is 0 Å². The SMILES string of the molecule is Cl.FC(F)(F)c1cccc(C2=CCN(CCc3ccncc3)CC2)c1. The van der Waals surface area contributed by atoms with E-state index in [9.17, 15) is 13.2 Å². The number of benzene rings is 1. The minimum Gasteiger partial charge on any atom is -0.299 e. The molecular weight excluding hydrogens is 349 g/mol. The summed E-state index contributed by atoms with van der Waals surface area (Å²) in [6, 6.07) is 9.62. The van der Waals surface area contributed by atoms with Gasteiger partial charge in [0.1, 0.15) is 0 Å². The minimum absolute atomic E-state index is 0. The summed E-state index contributed by atoms with van der Waals surface area (Å²) >= 11 is 0. The van der Waals surface area contributed by atoms with E-state index < -0.39 is 11.7 Å². The van der Waals surface area contributed by atoms with Crippen LogP contribution < -0.4 is 0 Å². The molecule has 0 fully saturated rings. The Morgan fingerprint density at radius 3 is 2.48 bits per heavy atom. The van der Waals surface area contributed by atoms with Gasteiger partial charge in [0.25, 0.3) is 0 Å². The summed E-state index contributed by atoms with van der Waals surface area (Å²) in [5.74, 6) is 0. The molecule has 1 aliphatic rings. The molecule has 2 nitrogen and oxygen atoms in total. The van der Waals surface area contributed by atoms with E-state index >= 15 is 0 Å². The highest BCUT2D eigenvalue weighted by Gasteiger charge is 2.30. The zero-order valence-corrected chi connectivity index (χ0v) is 14.5. The maximum Gasteiger partial charge on any atom is 0.416 e. The molecule has 2 aromatic rings. The Labute approximate surface area is 151 Å². The third-order valence-electron chi connectivity index (χ3n) is 4.32. The molecule has 0 saturated heterocycles. The van der Waals surface area contributed by atoms with Crippen molar-refractivity contribution in [3.05, 3.63) is 71.6 Å². The van der Waals surface area contributed by atoms with Crippen molar-refractivity contribution < 1.29 is 13.2 Å². The molecule has 0 saturated carbocycles. The van der Waals surface area contributed by atoms with Gasteiger partial charge in [-0.2, -0.15) is 13.2 Å². The van der Waals surface area contributed by atoms with Crippen LogP contribution in [0.25, 0.3) is 5.57 Å². The van der Waals surface area contributed by atoms with Crippen LogP contribution in [-0.4, -0.2) is 29.5 Å². The summed E-state index contributed by atoms with van der Waals surface area (Å²) in [5.41, 5.74) is 2.35. The summed E-state index contributed by atoms with van der Waals surface area (Å²) in [6.45, 7) is 2.58. The zero-order chi connectivity index (χ0) is 17.0. The molecule has 1 aromatic carbocycles. The van der Waals surface area contributed by atoms with Crippen LogP contribution in [0.5, 0.6) is 0 Å². The van der Waals surface area contributed by atoms with Crippen LogP contribution in [0.4, 0.5) is 13.2 Å². The number of hydrogen-bond donors (Lipinski definition) is 0. The van der Waals surface area contributed by atoms with E-state index in [-0.39, 0.29) is 12.4 Å². The minimum atomic E-state index is -4.29. The third kappa shape index (κ3) is 5.31. The van der Waals surface area contributed by atoms with E-state index in [1.807, 2.05) is 18.2 Å². The average Bonchev–Trinajstić information content (AvgIpc) is 2.61. The van der Waals surface area contributed by atoms with Gasteiger partial charge >= 0.3 is 6.18 Å². The summed E-state index contributed by atoms with van der Waals surface area (Å²) in [7, 11) is 0. The topological polar surface area (TPSA) is 16.1 Å². The fraction of sp³-hybridized carbons (Fsp3) is 0.316. The van der Waals surface area contributed by atoms with Crippen molar-refractivity contribution >= 4 is 18.0 Å². The molecule has 1 aliphatic heterocycles. The number of nitrogens with zero attached hydrogens (tertiary/aromatic N) is 2. The van der Waals surface area contributed by atoms with E-state index in [1.165, 1.54) is 17.7 Å². The molecule has 0 radical (unpaired) electrons. The molecule has 134 valence electrons. The molecule has 0 bridgehead atoms. The lowest BCUT2D eigenvalue weighted by atomic mass is 9.97. The Morgan fingerprint density at radius 1 is 1.08 bits per heavy atom. The van der Waals surface area contributed by atoms with Gasteiger partial charge in [0.05, 0.1) is 5.56 Å². The summed E-state index contributed by atoms with van der Waals surface area (Å²) in [5, 5.41) is 0. The van der Waals surface area contributed by atoms with E-state index in [0.29, 0.717) is 5.56 Å². The molecule has 2 heterocycles. The molecule has 0 spiro atoms. The van der Waals surface area contributed by atoms with Crippen LogP contribution in [-0.2, 0) is 12.6 Å². The number of hydrogen-bond acceptors (Lipinski definition) is 2. The normalized spacial score (nSPS) is 15.4. The monoisotopic (exact) mass is 368 g/mol. The van der Waals surface area contributed by atoms with Gasteiger partial charge in [-0.05, 0) is 53.8 Å². The van der Waals surface area contributed by atoms with Gasteiger partial charge in [-0.25, -0.2) is 0 Å². The van der Waals surface area contributed by atoms with Crippen LogP contribution >= 0.6 is 12.4 Å². The summed E-state index contributed by atoms with van der Waals surface area (Å²) in [4.78, 5) is 6.32. The van der Waals surface area contributed by atoms with Gasteiger partial charge in [0.15, 0.2) is 0 Å². The Kier molecular flexibility index (Phi) is 6.62. The molecule has 3 rings (SSSR count). The highest BCUT2D eigenvalue weighted by Crippen LogP contribution is 2.32. The number of rotatable bonds is 4. The fourth-order valence-electron chi connectivity index (χ4n) is 2.91. The van der Waals surface area contributed by atoms with Crippen LogP contribution in [0.3, 0.4) is 0 Å². The molecular formula is C19H20ClF3N2. The maximum atomic E-state index is 12.8. The lowest BCUT2D eigenvalue weighted by Gasteiger charge is -2.26. The number of pyridine rings is 1. The van der Waals surface area contributed by atoms with Gasteiger partial charge in [0, 0.05) is 32.0 Å². The standard InChI is InChI=1S/C19H19F3N2.ClH/c20-19(21,22)18-3-1-2-17(14-18)16-7-12-24(13-8-16)11-6-15-4-9-23-10-5-15;/h1-5,7,9-10,14H,6,8,11-13H2;1H. The first-order chi connectivity index (χ1) is 11.5. The van der Waals surface area contributed by atoms with E-state index in [0.717, 1.165) is 44.1 Å². The van der Waals surface area contributed by atoms with Gasteiger partial charge < -0.3 is 0 Å². The Morgan fingerprint density at radius 2 is 1.84 bits per heavy atom. The van der Waals surface area contributed by atoms with Gasteiger partial charge in [0.2, 0.25) is 0 Å². The summed E-state index contributed by atoms with van der Waals surface area (Å²) < 4.78 is 38.5. The summed E-state index contributed by atoms with van der Waals surface area (Å²) in [6.07, 6.45) is 3.06. The highest BCUT2D eigenvalue weighted by atomic mass is 35.5. The molecule has 0 N–H and O–H groups in total. The highest BCUT2D eigenvalue weighted by molar-refractivity contribution is 5.85. The molecule has 0 unspecified atom stereocenters. The fourth-order valence-corrected chi connectivity index (χ4v) is 2.91. The molecule has 1 aromatic heterocycles. The Bertz CT molecular complexity index is 714. The Balaban J connectivity index is 0.00000225. The first-order valence-corrected chi connectivity index (χ1v) is 8.00. The largest absolute Gasteiger partial charge is 0.416 e. The predicted molar refractivity (Wildman–Crippen MR) is 95.7 cm³/mol. The van der Waals surface area contributed by atoms with E-state index in [4.69, 9.17) is 0 Å². The molecule has 0 aliphatic carbocycles. The quantitative estimate of drug-likeness (QED) is 0.766. The number of alkyl halides is 3. The zero-order valence-electron chi connectivity index (χ0n) is 13.7. The third-order valence-corrected chi connectivity index (χ3v) is 4.32. The van der Waals surface area contributed by atoms with Crippen LogP contribution in [0.1, 0.15) is 23.1 Å². The van der Waals surface area contributed by atoms with Crippen molar-refractivity contribution in [3.8, 4) is 0 Å². The lowest BCUT2D eigenvalue weighted by molar-refractivity contribution is -0.137. The van der Waals surface area contributed by atoms with Gasteiger partial charge in [-0.15, -0.1) is 12.4 Å². The molecule has 25 heavy (non-hydrogen) atoms. The van der Waals surface area contributed by atoms with E-state index in [2.05, 4.69) is 9.88 Å². The molecule has 0 amide bonds. The first kappa shape index (κ1) is 19.5. The maximum absolute atomic E-state index is 12.8. The van der Waals surface area contributed by atoms with Crippen LogP contribution in [0.15, 0.2) is 54.9 Å².